The van der Waals surface area contributed by atoms with Gasteiger partial charge in [-0.05, 0) is 31.7 Å². The first-order valence-electron chi connectivity index (χ1n) is 9.29. The Labute approximate surface area is 154 Å². The van der Waals surface area contributed by atoms with Crippen molar-refractivity contribution in [3.05, 3.63) is 35.9 Å². The lowest BCUT2D eigenvalue weighted by atomic mass is 9.99. The van der Waals surface area contributed by atoms with Crippen LogP contribution in [0.5, 0.6) is 0 Å². The fraction of sp³-hybridized carbons (Fsp3) is 0.550. The van der Waals surface area contributed by atoms with Crippen LogP contribution in [-0.4, -0.2) is 35.5 Å². The maximum atomic E-state index is 12.1. The first kappa shape index (κ1) is 19.9. The molecule has 3 N–H and O–H groups in total. The number of nitrogens with one attached hydrogen (secondary N) is 2. The second-order valence-electron chi connectivity index (χ2n) is 7.12. The summed E-state index contributed by atoms with van der Waals surface area (Å²) in [6.07, 6.45) is 4.53. The summed E-state index contributed by atoms with van der Waals surface area (Å²) in [5, 5.41) is 14.9. The van der Waals surface area contributed by atoms with Gasteiger partial charge in [0.25, 0.3) is 0 Å². The second kappa shape index (κ2) is 9.94. The van der Waals surface area contributed by atoms with Crippen LogP contribution in [0.15, 0.2) is 30.3 Å². The third-order valence-corrected chi connectivity index (χ3v) is 4.83. The Morgan fingerprint density at radius 3 is 2.42 bits per heavy atom. The van der Waals surface area contributed by atoms with E-state index in [0.717, 1.165) is 31.2 Å². The quantitative estimate of drug-likeness (QED) is 0.629. The van der Waals surface area contributed by atoms with Gasteiger partial charge in [0.1, 0.15) is 0 Å². The van der Waals surface area contributed by atoms with Gasteiger partial charge in [-0.3, -0.25) is 14.4 Å². The first-order valence-corrected chi connectivity index (χ1v) is 9.29. The molecule has 0 spiro atoms. The summed E-state index contributed by atoms with van der Waals surface area (Å²) in [5.74, 6) is -1.76. The predicted octanol–water partition coefficient (Wildman–Crippen LogP) is 2.13. The van der Waals surface area contributed by atoms with Gasteiger partial charge in [0.2, 0.25) is 11.8 Å². The van der Waals surface area contributed by atoms with Gasteiger partial charge in [-0.25, -0.2) is 0 Å². The van der Waals surface area contributed by atoms with Crippen molar-refractivity contribution in [1.82, 2.24) is 10.6 Å². The molecule has 2 rings (SSSR count). The number of carboxylic acid groups (broad SMARTS) is 1. The summed E-state index contributed by atoms with van der Waals surface area (Å²) in [6.45, 7) is 1.87. The molecule has 2 atom stereocenters. The largest absolute Gasteiger partial charge is 0.481 e. The maximum absolute atomic E-state index is 12.1. The van der Waals surface area contributed by atoms with Crippen molar-refractivity contribution in [2.24, 2.45) is 11.8 Å². The van der Waals surface area contributed by atoms with Crippen molar-refractivity contribution in [2.75, 3.05) is 6.54 Å². The summed E-state index contributed by atoms with van der Waals surface area (Å²) in [6, 6.07) is 9.09. The van der Waals surface area contributed by atoms with E-state index in [1.54, 1.807) is 6.92 Å². The molecule has 0 heterocycles. The molecule has 6 heteroatoms. The molecule has 1 aliphatic carbocycles. The van der Waals surface area contributed by atoms with Crippen LogP contribution in [-0.2, 0) is 20.8 Å². The molecule has 1 fully saturated rings. The van der Waals surface area contributed by atoms with Gasteiger partial charge in [0.05, 0.1) is 5.92 Å². The Balaban J connectivity index is 1.74. The van der Waals surface area contributed by atoms with E-state index in [4.69, 9.17) is 0 Å². The number of hydrogen-bond acceptors (Lipinski definition) is 3. The van der Waals surface area contributed by atoms with E-state index in [1.165, 1.54) is 0 Å². The van der Waals surface area contributed by atoms with Crippen LogP contribution in [0.2, 0.25) is 0 Å². The summed E-state index contributed by atoms with van der Waals surface area (Å²) in [7, 11) is 0. The average Bonchev–Trinajstić information content (AvgIpc) is 3.13. The van der Waals surface area contributed by atoms with Gasteiger partial charge in [0, 0.05) is 24.9 Å². The predicted molar refractivity (Wildman–Crippen MR) is 98.5 cm³/mol. The minimum absolute atomic E-state index is 0.0234. The highest BCUT2D eigenvalue weighted by atomic mass is 16.4. The lowest BCUT2D eigenvalue weighted by Gasteiger charge is -2.18. The van der Waals surface area contributed by atoms with Crippen LogP contribution < -0.4 is 10.6 Å². The molecule has 1 aromatic rings. The van der Waals surface area contributed by atoms with E-state index in [1.807, 2.05) is 30.3 Å². The van der Waals surface area contributed by atoms with Gasteiger partial charge in [-0.15, -0.1) is 0 Å². The number of benzene rings is 1. The zero-order valence-electron chi connectivity index (χ0n) is 15.2. The Bertz CT molecular complexity index is 611. The van der Waals surface area contributed by atoms with Crippen molar-refractivity contribution in [3.8, 4) is 0 Å². The third-order valence-electron chi connectivity index (χ3n) is 4.83. The van der Waals surface area contributed by atoms with Gasteiger partial charge < -0.3 is 15.7 Å². The van der Waals surface area contributed by atoms with Crippen molar-refractivity contribution in [2.45, 2.75) is 51.5 Å². The zero-order chi connectivity index (χ0) is 18.9. The molecule has 2 amide bonds. The molecule has 1 saturated carbocycles. The number of rotatable bonds is 9. The maximum Gasteiger partial charge on any atom is 0.308 e. The minimum Gasteiger partial charge on any atom is -0.481 e. The topological polar surface area (TPSA) is 95.5 Å². The highest BCUT2D eigenvalue weighted by molar-refractivity contribution is 5.81. The van der Waals surface area contributed by atoms with Crippen molar-refractivity contribution < 1.29 is 19.5 Å². The van der Waals surface area contributed by atoms with Gasteiger partial charge in [-0.1, -0.05) is 43.2 Å². The van der Waals surface area contributed by atoms with Crippen LogP contribution in [0.1, 0.15) is 44.6 Å². The van der Waals surface area contributed by atoms with Crippen LogP contribution in [0.3, 0.4) is 0 Å². The molecule has 1 aliphatic rings. The standard InChI is InChI=1S/C20H28N2O4/c1-14(22-19(24)16-9-5-6-10-16)11-18(23)21-13-17(20(25)26)12-15-7-3-2-4-8-15/h2-4,7-8,14,16-17H,5-6,9-13H2,1H3,(H,21,23)(H,22,24)(H,25,26). The van der Waals surface area contributed by atoms with E-state index in [9.17, 15) is 19.5 Å². The monoisotopic (exact) mass is 360 g/mol. The minimum atomic E-state index is -0.934. The van der Waals surface area contributed by atoms with E-state index in [0.29, 0.717) is 6.42 Å². The Morgan fingerprint density at radius 2 is 1.81 bits per heavy atom. The number of amides is 2. The summed E-state index contributed by atoms with van der Waals surface area (Å²) >= 11 is 0. The van der Waals surface area contributed by atoms with E-state index in [2.05, 4.69) is 10.6 Å². The van der Waals surface area contributed by atoms with E-state index in [-0.39, 0.29) is 36.7 Å². The molecule has 142 valence electrons. The summed E-state index contributed by atoms with van der Waals surface area (Å²) in [4.78, 5) is 35.6. The third kappa shape index (κ3) is 6.50. The Kier molecular flexibility index (Phi) is 7.63. The molecular weight excluding hydrogens is 332 g/mol. The molecule has 0 aliphatic heterocycles. The van der Waals surface area contributed by atoms with Gasteiger partial charge in [0.15, 0.2) is 0 Å². The highest BCUT2D eigenvalue weighted by Crippen LogP contribution is 2.24. The fourth-order valence-corrected chi connectivity index (χ4v) is 3.33. The molecule has 6 nitrogen and oxygen atoms in total. The smallest absolute Gasteiger partial charge is 0.308 e. The summed E-state index contributed by atoms with van der Waals surface area (Å²) < 4.78 is 0. The molecule has 0 bridgehead atoms. The van der Waals surface area contributed by atoms with Crippen LogP contribution in [0.4, 0.5) is 0 Å². The summed E-state index contributed by atoms with van der Waals surface area (Å²) in [5.41, 5.74) is 0.923. The lowest BCUT2D eigenvalue weighted by molar-refractivity contribution is -0.141. The number of carbonyl (C=O) groups excluding carboxylic acids is 2. The second-order valence-corrected chi connectivity index (χ2v) is 7.12. The average molecular weight is 360 g/mol. The molecular formula is C20H28N2O4. The Morgan fingerprint density at radius 1 is 1.15 bits per heavy atom. The first-order chi connectivity index (χ1) is 12.5. The SMILES string of the molecule is CC(CC(=O)NCC(Cc1ccccc1)C(=O)O)NC(=O)C1CCCC1. The van der Waals surface area contributed by atoms with Gasteiger partial charge in [-0.2, -0.15) is 0 Å². The van der Waals surface area contributed by atoms with Crippen LogP contribution in [0.25, 0.3) is 0 Å². The van der Waals surface area contributed by atoms with Crippen molar-refractivity contribution >= 4 is 17.8 Å². The molecule has 2 unspecified atom stereocenters. The van der Waals surface area contributed by atoms with E-state index < -0.39 is 11.9 Å². The molecule has 0 saturated heterocycles. The number of carboxylic acids is 1. The molecule has 1 aromatic carbocycles. The fourth-order valence-electron chi connectivity index (χ4n) is 3.33. The molecule has 26 heavy (non-hydrogen) atoms. The number of hydrogen-bond donors (Lipinski definition) is 3. The number of carbonyl (C=O) groups is 3. The van der Waals surface area contributed by atoms with Crippen LogP contribution in [0, 0.1) is 11.8 Å². The van der Waals surface area contributed by atoms with Crippen molar-refractivity contribution in [1.29, 1.82) is 0 Å². The molecule has 0 radical (unpaired) electrons. The normalized spacial score (nSPS) is 16.7. The Hall–Kier alpha value is -2.37. The number of aliphatic carboxylic acids is 1. The zero-order valence-corrected chi connectivity index (χ0v) is 15.2. The van der Waals surface area contributed by atoms with Crippen molar-refractivity contribution in [3.63, 3.8) is 0 Å². The molecule has 0 aromatic heterocycles. The van der Waals surface area contributed by atoms with E-state index >= 15 is 0 Å². The van der Waals surface area contributed by atoms with Crippen LogP contribution >= 0.6 is 0 Å². The highest BCUT2D eigenvalue weighted by Gasteiger charge is 2.24. The van der Waals surface area contributed by atoms with Gasteiger partial charge >= 0.3 is 5.97 Å². The lowest BCUT2D eigenvalue weighted by Crippen LogP contribution is -2.41.